The van der Waals surface area contributed by atoms with Crippen LogP contribution < -0.4 is 10.2 Å². The first-order chi connectivity index (χ1) is 8.56. The highest BCUT2D eigenvalue weighted by atomic mass is 35.5. The Balaban J connectivity index is 1.93. The Hall–Kier alpha value is -0.440. The molecule has 0 spiro atoms. The Morgan fingerprint density at radius 2 is 2.11 bits per heavy atom. The second-order valence-electron chi connectivity index (χ2n) is 5.26. The lowest BCUT2D eigenvalue weighted by molar-refractivity contribution is 0.480. The fourth-order valence-electron chi connectivity index (χ4n) is 2.32. The molecule has 0 saturated carbocycles. The molecule has 2 nitrogen and oxygen atoms in total. The van der Waals surface area contributed by atoms with Crippen molar-refractivity contribution in [3.05, 3.63) is 28.2 Å². The first kappa shape index (κ1) is 14.0. The van der Waals surface area contributed by atoms with Crippen LogP contribution in [0.3, 0.4) is 0 Å². The largest absolute Gasteiger partial charge is 0.371 e. The average molecular weight is 287 g/mol. The van der Waals surface area contributed by atoms with E-state index in [4.69, 9.17) is 23.2 Å². The van der Waals surface area contributed by atoms with Crippen LogP contribution in [0.2, 0.25) is 10.0 Å². The third kappa shape index (κ3) is 3.53. The first-order valence-corrected chi connectivity index (χ1v) is 7.25. The van der Waals surface area contributed by atoms with Gasteiger partial charge >= 0.3 is 0 Å². The fraction of sp³-hybridized carbons (Fsp3) is 0.571. The SMILES string of the molecule is CC(C)NCC1CCN(c2ccc(Cl)c(Cl)c2)C1. The summed E-state index contributed by atoms with van der Waals surface area (Å²) in [6.45, 7) is 7.66. The summed E-state index contributed by atoms with van der Waals surface area (Å²) in [6, 6.07) is 6.44. The molecule has 1 atom stereocenters. The molecule has 0 bridgehead atoms. The lowest BCUT2D eigenvalue weighted by atomic mass is 10.1. The van der Waals surface area contributed by atoms with Gasteiger partial charge in [-0.05, 0) is 37.1 Å². The predicted octanol–water partition coefficient (Wildman–Crippen LogP) is 3.82. The molecule has 1 aliphatic heterocycles. The van der Waals surface area contributed by atoms with Crippen LogP contribution in [0.15, 0.2) is 18.2 Å². The van der Waals surface area contributed by atoms with Gasteiger partial charge in [-0.25, -0.2) is 0 Å². The second kappa shape index (κ2) is 6.14. The van der Waals surface area contributed by atoms with E-state index < -0.39 is 0 Å². The van der Waals surface area contributed by atoms with Gasteiger partial charge in [-0.1, -0.05) is 37.0 Å². The normalized spacial score (nSPS) is 19.8. The summed E-state index contributed by atoms with van der Waals surface area (Å²) in [5, 5.41) is 4.77. The monoisotopic (exact) mass is 286 g/mol. The molecule has 1 fully saturated rings. The topological polar surface area (TPSA) is 15.3 Å². The van der Waals surface area contributed by atoms with Crippen LogP contribution >= 0.6 is 23.2 Å². The Labute approximate surface area is 119 Å². The second-order valence-corrected chi connectivity index (χ2v) is 6.08. The number of nitrogens with zero attached hydrogens (tertiary/aromatic N) is 1. The van der Waals surface area contributed by atoms with Crippen molar-refractivity contribution in [1.82, 2.24) is 5.32 Å². The highest BCUT2D eigenvalue weighted by Gasteiger charge is 2.22. The van der Waals surface area contributed by atoms with Gasteiger partial charge in [0.05, 0.1) is 10.0 Å². The quantitative estimate of drug-likeness (QED) is 0.905. The van der Waals surface area contributed by atoms with E-state index in [1.54, 1.807) is 0 Å². The van der Waals surface area contributed by atoms with Gasteiger partial charge in [0, 0.05) is 24.8 Å². The fourth-order valence-corrected chi connectivity index (χ4v) is 2.61. The molecular weight excluding hydrogens is 267 g/mol. The van der Waals surface area contributed by atoms with E-state index in [0.717, 1.165) is 25.6 Å². The summed E-state index contributed by atoms with van der Waals surface area (Å²) in [4.78, 5) is 2.38. The molecule has 0 amide bonds. The molecule has 18 heavy (non-hydrogen) atoms. The Morgan fingerprint density at radius 3 is 2.78 bits per heavy atom. The number of benzene rings is 1. The molecule has 2 rings (SSSR count). The van der Waals surface area contributed by atoms with Gasteiger partial charge in [0.1, 0.15) is 0 Å². The molecule has 1 N–H and O–H groups in total. The van der Waals surface area contributed by atoms with Crippen molar-refractivity contribution in [1.29, 1.82) is 0 Å². The van der Waals surface area contributed by atoms with Crippen molar-refractivity contribution in [3.8, 4) is 0 Å². The molecule has 1 aromatic carbocycles. The number of hydrogen-bond acceptors (Lipinski definition) is 2. The summed E-state index contributed by atoms with van der Waals surface area (Å²) in [5.74, 6) is 0.724. The highest BCUT2D eigenvalue weighted by molar-refractivity contribution is 6.42. The van der Waals surface area contributed by atoms with Crippen molar-refractivity contribution < 1.29 is 0 Å². The van der Waals surface area contributed by atoms with E-state index in [2.05, 4.69) is 24.1 Å². The van der Waals surface area contributed by atoms with E-state index in [1.165, 1.54) is 12.1 Å². The molecule has 0 radical (unpaired) electrons. The molecule has 1 unspecified atom stereocenters. The number of halogens is 2. The molecule has 4 heteroatoms. The molecule has 1 heterocycles. The van der Waals surface area contributed by atoms with Crippen molar-refractivity contribution in [2.24, 2.45) is 5.92 Å². The minimum absolute atomic E-state index is 0.559. The molecule has 100 valence electrons. The van der Waals surface area contributed by atoms with E-state index in [9.17, 15) is 0 Å². The van der Waals surface area contributed by atoms with Gasteiger partial charge in [0.2, 0.25) is 0 Å². The maximum atomic E-state index is 6.06. The van der Waals surface area contributed by atoms with Crippen molar-refractivity contribution in [2.75, 3.05) is 24.5 Å². The van der Waals surface area contributed by atoms with Crippen LogP contribution in [0, 0.1) is 5.92 Å². The summed E-state index contributed by atoms with van der Waals surface area (Å²) in [5.41, 5.74) is 1.18. The third-order valence-electron chi connectivity index (χ3n) is 3.37. The van der Waals surface area contributed by atoms with Crippen LogP contribution in [0.4, 0.5) is 5.69 Å². The maximum absolute atomic E-state index is 6.06. The summed E-state index contributed by atoms with van der Waals surface area (Å²) in [6.07, 6.45) is 1.24. The number of hydrogen-bond donors (Lipinski definition) is 1. The molecule has 0 aliphatic carbocycles. The van der Waals surface area contributed by atoms with Crippen molar-refractivity contribution in [3.63, 3.8) is 0 Å². The van der Waals surface area contributed by atoms with Gasteiger partial charge in [0.15, 0.2) is 0 Å². The van der Waals surface area contributed by atoms with Gasteiger partial charge in [0.25, 0.3) is 0 Å². The summed E-state index contributed by atoms with van der Waals surface area (Å²) < 4.78 is 0. The summed E-state index contributed by atoms with van der Waals surface area (Å²) in [7, 11) is 0. The molecule has 1 aromatic rings. The van der Waals surface area contributed by atoms with Crippen LogP contribution in [-0.4, -0.2) is 25.7 Å². The minimum atomic E-state index is 0.559. The van der Waals surface area contributed by atoms with E-state index in [0.29, 0.717) is 16.1 Å². The Bertz CT molecular complexity index is 407. The zero-order chi connectivity index (χ0) is 13.1. The maximum Gasteiger partial charge on any atom is 0.0612 e. The number of rotatable bonds is 4. The molecule has 1 saturated heterocycles. The van der Waals surface area contributed by atoms with Gasteiger partial charge in [-0.15, -0.1) is 0 Å². The lowest BCUT2D eigenvalue weighted by Crippen LogP contribution is -2.30. The van der Waals surface area contributed by atoms with Crippen LogP contribution in [0.1, 0.15) is 20.3 Å². The smallest absolute Gasteiger partial charge is 0.0612 e. The Kier molecular flexibility index (Phi) is 4.77. The lowest BCUT2D eigenvalue weighted by Gasteiger charge is -2.20. The zero-order valence-corrected chi connectivity index (χ0v) is 12.4. The van der Waals surface area contributed by atoms with E-state index in [1.807, 2.05) is 18.2 Å². The molecule has 0 aromatic heterocycles. The molecular formula is C14H20Cl2N2. The first-order valence-electron chi connectivity index (χ1n) is 6.49. The van der Waals surface area contributed by atoms with Gasteiger partial charge in [-0.3, -0.25) is 0 Å². The van der Waals surface area contributed by atoms with Crippen LogP contribution in [0.25, 0.3) is 0 Å². The number of nitrogens with one attached hydrogen (secondary N) is 1. The Morgan fingerprint density at radius 1 is 1.33 bits per heavy atom. The summed E-state index contributed by atoms with van der Waals surface area (Å²) >= 11 is 12.0. The standard InChI is InChI=1S/C14H20Cl2N2/c1-10(2)17-8-11-5-6-18(9-11)12-3-4-13(15)14(16)7-12/h3-4,7,10-11,17H,5-6,8-9H2,1-2H3. The molecule has 1 aliphatic rings. The highest BCUT2D eigenvalue weighted by Crippen LogP contribution is 2.30. The van der Waals surface area contributed by atoms with Crippen LogP contribution in [0.5, 0.6) is 0 Å². The van der Waals surface area contributed by atoms with Gasteiger partial charge in [-0.2, -0.15) is 0 Å². The number of anilines is 1. The minimum Gasteiger partial charge on any atom is -0.371 e. The van der Waals surface area contributed by atoms with E-state index in [-0.39, 0.29) is 0 Å². The average Bonchev–Trinajstić information content (AvgIpc) is 2.79. The predicted molar refractivity (Wildman–Crippen MR) is 79.9 cm³/mol. The third-order valence-corrected chi connectivity index (χ3v) is 4.11. The van der Waals surface area contributed by atoms with Crippen molar-refractivity contribution >= 4 is 28.9 Å². The van der Waals surface area contributed by atoms with Crippen LogP contribution in [-0.2, 0) is 0 Å². The van der Waals surface area contributed by atoms with E-state index >= 15 is 0 Å². The van der Waals surface area contributed by atoms with Crippen molar-refractivity contribution in [2.45, 2.75) is 26.3 Å². The zero-order valence-electron chi connectivity index (χ0n) is 10.9. The van der Waals surface area contributed by atoms with Gasteiger partial charge < -0.3 is 10.2 Å².